The maximum absolute atomic E-state index is 12.7. The predicted molar refractivity (Wildman–Crippen MR) is 65.8 cm³/mol. The van der Waals surface area contributed by atoms with E-state index >= 15 is 0 Å². The Labute approximate surface area is 114 Å². The Kier molecular flexibility index (Phi) is 5.17. The standard InChI is InChI=1S/C11H12FNO6S/c12-8-3-1-7(2-4-8)6-20(18,19)13-9(11(16)17)5-10(14)15/h1-4,9,13H,5-6H2,(H,14,15)(H,16,17). The highest BCUT2D eigenvalue weighted by Gasteiger charge is 2.26. The summed E-state index contributed by atoms with van der Waals surface area (Å²) in [5.74, 6) is -4.14. The van der Waals surface area contributed by atoms with Gasteiger partial charge in [0.2, 0.25) is 10.0 Å². The van der Waals surface area contributed by atoms with E-state index in [-0.39, 0.29) is 5.56 Å². The number of hydrogen-bond donors (Lipinski definition) is 3. The molecule has 0 saturated heterocycles. The molecule has 7 nitrogen and oxygen atoms in total. The number of hydrogen-bond acceptors (Lipinski definition) is 4. The molecule has 9 heteroatoms. The molecule has 0 fully saturated rings. The molecule has 1 unspecified atom stereocenters. The number of aliphatic carboxylic acids is 2. The number of carboxylic acid groups (broad SMARTS) is 2. The third kappa shape index (κ3) is 5.33. The largest absolute Gasteiger partial charge is 0.481 e. The maximum atomic E-state index is 12.7. The zero-order valence-electron chi connectivity index (χ0n) is 10.1. The molecule has 20 heavy (non-hydrogen) atoms. The number of benzene rings is 1. The molecule has 1 aromatic rings. The third-order valence-corrected chi connectivity index (χ3v) is 3.63. The van der Waals surface area contributed by atoms with Crippen LogP contribution in [-0.4, -0.2) is 36.6 Å². The van der Waals surface area contributed by atoms with Crippen LogP contribution in [0.25, 0.3) is 0 Å². The smallest absolute Gasteiger partial charge is 0.322 e. The van der Waals surface area contributed by atoms with Crippen LogP contribution in [-0.2, 0) is 25.4 Å². The summed E-state index contributed by atoms with van der Waals surface area (Å²) < 4.78 is 37.9. The Bertz CT molecular complexity index is 598. The van der Waals surface area contributed by atoms with E-state index in [0.717, 1.165) is 12.1 Å². The summed E-state index contributed by atoms with van der Waals surface area (Å²) in [7, 11) is -4.05. The summed E-state index contributed by atoms with van der Waals surface area (Å²) in [5.41, 5.74) is 0.248. The number of rotatable bonds is 7. The Morgan fingerprint density at radius 2 is 1.75 bits per heavy atom. The van der Waals surface area contributed by atoms with Crippen molar-refractivity contribution in [3.8, 4) is 0 Å². The molecule has 0 radical (unpaired) electrons. The number of nitrogens with one attached hydrogen (secondary N) is 1. The van der Waals surface area contributed by atoms with Crippen molar-refractivity contribution in [1.29, 1.82) is 0 Å². The molecule has 0 aliphatic carbocycles. The lowest BCUT2D eigenvalue weighted by atomic mass is 10.2. The molecule has 110 valence electrons. The van der Waals surface area contributed by atoms with Crippen LogP contribution in [0.5, 0.6) is 0 Å². The summed E-state index contributed by atoms with van der Waals surface area (Å²) in [6, 6.07) is 2.86. The van der Waals surface area contributed by atoms with Gasteiger partial charge < -0.3 is 10.2 Å². The van der Waals surface area contributed by atoms with Crippen molar-refractivity contribution >= 4 is 22.0 Å². The highest BCUT2D eigenvalue weighted by atomic mass is 32.2. The zero-order chi connectivity index (χ0) is 15.3. The Hall–Kier alpha value is -2.00. The van der Waals surface area contributed by atoms with Crippen molar-refractivity contribution in [2.24, 2.45) is 0 Å². The second-order valence-corrected chi connectivity index (χ2v) is 5.75. The molecule has 3 N–H and O–H groups in total. The molecular formula is C11H12FNO6S. The van der Waals surface area contributed by atoms with Gasteiger partial charge in [-0.25, -0.2) is 17.5 Å². The topological polar surface area (TPSA) is 121 Å². The number of carbonyl (C=O) groups is 2. The van der Waals surface area contributed by atoms with Crippen molar-refractivity contribution in [3.63, 3.8) is 0 Å². The molecule has 0 spiro atoms. The first-order valence-corrected chi connectivity index (χ1v) is 7.04. The number of carboxylic acids is 2. The Morgan fingerprint density at radius 1 is 1.20 bits per heavy atom. The molecule has 1 atom stereocenters. The van der Waals surface area contributed by atoms with Gasteiger partial charge in [0, 0.05) is 0 Å². The lowest BCUT2D eigenvalue weighted by molar-refractivity contribution is -0.145. The summed E-state index contributed by atoms with van der Waals surface area (Å²) in [6.07, 6.45) is -0.877. The fourth-order valence-electron chi connectivity index (χ4n) is 1.41. The zero-order valence-corrected chi connectivity index (χ0v) is 10.9. The van der Waals surface area contributed by atoms with Gasteiger partial charge in [0.05, 0.1) is 12.2 Å². The molecule has 0 bridgehead atoms. The minimum Gasteiger partial charge on any atom is -0.481 e. The summed E-state index contributed by atoms with van der Waals surface area (Å²) in [4.78, 5) is 21.2. The lowest BCUT2D eigenvalue weighted by Crippen LogP contribution is -2.42. The fourth-order valence-corrected chi connectivity index (χ4v) is 2.74. The number of sulfonamides is 1. The quantitative estimate of drug-likeness (QED) is 0.660. The molecule has 0 heterocycles. The van der Waals surface area contributed by atoms with E-state index < -0.39 is 46.0 Å². The first kappa shape index (κ1) is 16.1. The van der Waals surface area contributed by atoms with Gasteiger partial charge in [0.1, 0.15) is 11.9 Å². The van der Waals surface area contributed by atoms with E-state index in [0.29, 0.717) is 0 Å². The average molecular weight is 305 g/mol. The van der Waals surface area contributed by atoms with E-state index in [4.69, 9.17) is 10.2 Å². The fraction of sp³-hybridized carbons (Fsp3) is 0.273. The molecule has 1 aromatic carbocycles. The van der Waals surface area contributed by atoms with Crippen molar-refractivity contribution < 1.29 is 32.6 Å². The van der Waals surface area contributed by atoms with Crippen molar-refractivity contribution in [1.82, 2.24) is 4.72 Å². The highest BCUT2D eigenvalue weighted by Crippen LogP contribution is 2.08. The summed E-state index contributed by atoms with van der Waals surface area (Å²) in [5, 5.41) is 17.3. The van der Waals surface area contributed by atoms with E-state index in [1.165, 1.54) is 12.1 Å². The van der Waals surface area contributed by atoms with Gasteiger partial charge in [-0.1, -0.05) is 12.1 Å². The van der Waals surface area contributed by atoms with Gasteiger partial charge in [-0.05, 0) is 17.7 Å². The second-order valence-electron chi connectivity index (χ2n) is 3.99. The maximum Gasteiger partial charge on any atom is 0.322 e. The predicted octanol–water partition coefficient (Wildman–Crippen LogP) is 0.173. The van der Waals surface area contributed by atoms with E-state index in [1.807, 2.05) is 0 Å². The van der Waals surface area contributed by atoms with Crippen LogP contribution in [0.1, 0.15) is 12.0 Å². The highest BCUT2D eigenvalue weighted by molar-refractivity contribution is 7.88. The number of halogens is 1. The van der Waals surface area contributed by atoms with Crippen LogP contribution in [0.2, 0.25) is 0 Å². The minimum atomic E-state index is -4.05. The normalized spacial score (nSPS) is 12.8. The summed E-state index contributed by atoms with van der Waals surface area (Å²) in [6.45, 7) is 0. The molecule has 1 rings (SSSR count). The van der Waals surface area contributed by atoms with Gasteiger partial charge in [-0.15, -0.1) is 0 Å². The Morgan fingerprint density at radius 3 is 2.20 bits per heavy atom. The van der Waals surface area contributed by atoms with E-state index in [2.05, 4.69) is 0 Å². The average Bonchev–Trinajstić information content (AvgIpc) is 2.30. The van der Waals surface area contributed by atoms with Gasteiger partial charge in [0.15, 0.2) is 0 Å². The molecule has 0 aromatic heterocycles. The minimum absolute atomic E-state index is 0.248. The van der Waals surface area contributed by atoms with Crippen LogP contribution in [0, 0.1) is 5.82 Å². The van der Waals surface area contributed by atoms with Crippen LogP contribution < -0.4 is 4.72 Å². The SMILES string of the molecule is O=C(O)CC(NS(=O)(=O)Cc1ccc(F)cc1)C(=O)O. The second kappa shape index (κ2) is 6.44. The molecule has 0 aliphatic rings. The third-order valence-electron chi connectivity index (χ3n) is 2.27. The molecule has 0 saturated carbocycles. The first-order chi connectivity index (χ1) is 9.19. The van der Waals surface area contributed by atoms with Crippen LogP contribution in [0.4, 0.5) is 4.39 Å². The molecule has 0 aliphatic heterocycles. The van der Waals surface area contributed by atoms with Gasteiger partial charge in [0.25, 0.3) is 0 Å². The van der Waals surface area contributed by atoms with Crippen molar-refractivity contribution in [2.75, 3.05) is 0 Å². The summed E-state index contributed by atoms with van der Waals surface area (Å²) >= 11 is 0. The first-order valence-electron chi connectivity index (χ1n) is 5.38. The van der Waals surface area contributed by atoms with E-state index in [1.54, 1.807) is 4.72 Å². The van der Waals surface area contributed by atoms with Crippen LogP contribution in [0.15, 0.2) is 24.3 Å². The van der Waals surface area contributed by atoms with Gasteiger partial charge >= 0.3 is 11.9 Å². The van der Waals surface area contributed by atoms with E-state index in [9.17, 15) is 22.4 Å². The lowest BCUT2D eigenvalue weighted by Gasteiger charge is -2.12. The van der Waals surface area contributed by atoms with Crippen molar-refractivity contribution in [3.05, 3.63) is 35.6 Å². The Balaban J connectivity index is 2.79. The van der Waals surface area contributed by atoms with Crippen molar-refractivity contribution in [2.45, 2.75) is 18.2 Å². The van der Waals surface area contributed by atoms with Crippen LogP contribution >= 0.6 is 0 Å². The monoisotopic (exact) mass is 305 g/mol. The molecular weight excluding hydrogens is 293 g/mol. The molecule has 0 amide bonds. The van der Waals surface area contributed by atoms with Crippen LogP contribution in [0.3, 0.4) is 0 Å². The van der Waals surface area contributed by atoms with Gasteiger partial charge in [-0.3, -0.25) is 9.59 Å². The van der Waals surface area contributed by atoms with Gasteiger partial charge in [-0.2, -0.15) is 0 Å².